The van der Waals surface area contributed by atoms with Crippen molar-refractivity contribution in [3.63, 3.8) is 0 Å². The molecular weight excluding hydrogens is 284 g/mol. The molecule has 3 rings (SSSR count). The number of thiophene rings is 1. The lowest BCUT2D eigenvalue weighted by atomic mass is 10.2. The lowest BCUT2D eigenvalue weighted by molar-refractivity contribution is 0.0955. The zero-order valence-corrected chi connectivity index (χ0v) is 12.3. The number of hydrogen-bond acceptors (Lipinski definition) is 4. The zero-order valence-electron chi connectivity index (χ0n) is 11.5. The summed E-state index contributed by atoms with van der Waals surface area (Å²) in [4.78, 5) is 17.0. The van der Waals surface area contributed by atoms with Crippen molar-refractivity contribution >= 4 is 27.3 Å². The summed E-state index contributed by atoms with van der Waals surface area (Å²) < 4.78 is 6.12. The Balaban J connectivity index is 1.68. The smallest absolute Gasteiger partial charge is 0.261 e. The number of ether oxygens (including phenoxy) is 1. The van der Waals surface area contributed by atoms with Crippen LogP contribution in [-0.4, -0.2) is 18.0 Å². The summed E-state index contributed by atoms with van der Waals surface area (Å²) in [5.41, 5.74) is 0.935. The quantitative estimate of drug-likeness (QED) is 0.804. The predicted molar refractivity (Wildman–Crippen MR) is 83.8 cm³/mol. The topological polar surface area (TPSA) is 51.2 Å². The number of hydrogen-bond donors (Lipinski definition) is 1. The molecule has 0 bridgehead atoms. The summed E-state index contributed by atoms with van der Waals surface area (Å²) in [5, 5.41) is 4.00. The van der Waals surface area contributed by atoms with E-state index >= 15 is 0 Å². The van der Waals surface area contributed by atoms with Gasteiger partial charge in [-0.25, -0.2) is 4.98 Å². The average molecular weight is 298 g/mol. The Kier molecular flexibility index (Phi) is 3.83. The van der Waals surface area contributed by atoms with Crippen LogP contribution in [-0.2, 0) is 6.54 Å². The molecule has 0 saturated heterocycles. The van der Waals surface area contributed by atoms with Crippen LogP contribution in [0.15, 0.2) is 48.7 Å². The Morgan fingerprint density at radius 1 is 1.29 bits per heavy atom. The Bertz CT molecular complexity index is 732. The van der Waals surface area contributed by atoms with E-state index in [4.69, 9.17) is 4.74 Å². The van der Waals surface area contributed by atoms with Gasteiger partial charge in [0.1, 0.15) is 0 Å². The van der Waals surface area contributed by atoms with Gasteiger partial charge in [-0.15, -0.1) is 11.3 Å². The maximum absolute atomic E-state index is 12.2. The molecule has 1 aromatic carbocycles. The Morgan fingerprint density at radius 3 is 2.86 bits per heavy atom. The highest BCUT2D eigenvalue weighted by molar-refractivity contribution is 7.20. The van der Waals surface area contributed by atoms with E-state index in [1.54, 1.807) is 19.4 Å². The van der Waals surface area contributed by atoms with E-state index in [9.17, 15) is 4.79 Å². The van der Waals surface area contributed by atoms with Crippen LogP contribution in [0.4, 0.5) is 0 Å². The minimum Gasteiger partial charge on any atom is -0.481 e. The zero-order chi connectivity index (χ0) is 14.7. The minimum absolute atomic E-state index is 0.0629. The van der Waals surface area contributed by atoms with Crippen molar-refractivity contribution < 1.29 is 9.53 Å². The van der Waals surface area contributed by atoms with E-state index in [0.717, 1.165) is 20.5 Å². The largest absolute Gasteiger partial charge is 0.481 e. The van der Waals surface area contributed by atoms with Gasteiger partial charge in [-0.3, -0.25) is 4.79 Å². The first-order chi connectivity index (χ1) is 10.3. The van der Waals surface area contributed by atoms with Gasteiger partial charge in [-0.1, -0.05) is 24.3 Å². The lowest BCUT2D eigenvalue weighted by Crippen LogP contribution is -2.21. The minimum atomic E-state index is -0.0629. The standard InChI is InChI=1S/C16H14N2O2S/c1-20-15-7-6-11(9-17-15)10-18-16(19)14-8-12-4-2-3-5-13(12)21-14/h2-9H,10H2,1H3,(H,18,19). The number of nitrogens with one attached hydrogen (secondary N) is 1. The molecule has 0 fully saturated rings. The number of carbonyl (C=O) groups is 1. The molecule has 5 heteroatoms. The normalized spacial score (nSPS) is 10.5. The molecule has 3 aromatic rings. The van der Waals surface area contributed by atoms with E-state index in [2.05, 4.69) is 10.3 Å². The SMILES string of the molecule is COc1ccc(CNC(=O)c2cc3ccccc3s2)cn1. The summed E-state index contributed by atoms with van der Waals surface area (Å²) in [6.07, 6.45) is 1.70. The van der Waals surface area contributed by atoms with Gasteiger partial charge in [0.15, 0.2) is 0 Å². The van der Waals surface area contributed by atoms with E-state index in [1.807, 2.05) is 36.4 Å². The van der Waals surface area contributed by atoms with Gasteiger partial charge in [-0.2, -0.15) is 0 Å². The summed E-state index contributed by atoms with van der Waals surface area (Å²) in [7, 11) is 1.57. The Labute approximate surface area is 126 Å². The Morgan fingerprint density at radius 2 is 2.14 bits per heavy atom. The van der Waals surface area contributed by atoms with Crippen molar-refractivity contribution in [2.75, 3.05) is 7.11 Å². The van der Waals surface area contributed by atoms with Crippen LogP contribution in [0, 0.1) is 0 Å². The van der Waals surface area contributed by atoms with Gasteiger partial charge < -0.3 is 10.1 Å². The van der Waals surface area contributed by atoms with Gasteiger partial charge in [0, 0.05) is 23.5 Å². The van der Waals surface area contributed by atoms with Crippen LogP contribution in [0.25, 0.3) is 10.1 Å². The van der Waals surface area contributed by atoms with Crippen LogP contribution in [0.3, 0.4) is 0 Å². The predicted octanol–water partition coefficient (Wildman–Crippen LogP) is 3.23. The number of nitrogens with zero attached hydrogens (tertiary/aromatic N) is 1. The number of fused-ring (bicyclic) bond motifs is 1. The molecule has 0 atom stereocenters. The van der Waals surface area contributed by atoms with Gasteiger partial charge in [0.25, 0.3) is 5.91 Å². The van der Waals surface area contributed by atoms with Crippen molar-refractivity contribution in [3.8, 4) is 5.88 Å². The molecule has 1 amide bonds. The fourth-order valence-electron chi connectivity index (χ4n) is 2.00. The summed E-state index contributed by atoms with van der Waals surface area (Å²) >= 11 is 1.50. The van der Waals surface area contributed by atoms with Crippen LogP contribution in [0.2, 0.25) is 0 Å². The van der Waals surface area contributed by atoms with Crippen molar-refractivity contribution in [2.45, 2.75) is 6.54 Å². The van der Waals surface area contributed by atoms with Gasteiger partial charge >= 0.3 is 0 Å². The highest BCUT2D eigenvalue weighted by atomic mass is 32.1. The third kappa shape index (κ3) is 3.03. The maximum atomic E-state index is 12.2. The molecule has 1 N–H and O–H groups in total. The number of rotatable bonds is 4. The van der Waals surface area contributed by atoms with Gasteiger partial charge in [0.05, 0.1) is 12.0 Å². The van der Waals surface area contributed by atoms with Crippen LogP contribution < -0.4 is 10.1 Å². The lowest BCUT2D eigenvalue weighted by Gasteiger charge is -2.04. The number of carbonyl (C=O) groups excluding carboxylic acids is 1. The maximum Gasteiger partial charge on any atom is 0.261 e. The molecular formula is C16H14N2O2S. The van der Waals surface area contributed by atoms with Crippen molar-refractivity contribution in [1.29, 1.82) is 0 Å². The molecule has 4 nitrogen and oxygen atoms in total. The first-order valence-corrected chi connectivity index (χ1v) is 7.33. The highest BCUT2D eigenvalue weighted by Crippen LogP contribution is 2.25. The molecule has 0 aliphatic rings. The second-order valence-corrected chi connectivity index (χ2v) is 5.62. The fourth-order valence-corrected chi connectivity index (χ4v) is 2.98. The van der Waals surface area contributed by atoms with Crippen LogP contribution in [0.1, 0.15) is 15.2 Å². The molecule has 0 radical (unpaired) electrons. The highest BCUT2D eigenvalue weighted by Gasteiger charge is 2.09. The average Bonchev–Trinajstić information content (AvgIpc) is 2.97. The monoisotopic (exact) mass is 298 g/mol. The summed E-state index contributed by atoms with van der Waals surface area (Å²) in [6.45, 7) is 0.448. The molecule has 2 aromatic heterocycles. The molecule has 0 aliphatic carbocycles. The number of methoxy groups -OCH3 is 1. The van der Waals surface area contributed by atoms with Gasteiger partial charge in [0.2, 0.25) is 5.88 Å². The third-order valence-corrected chi connectivity index (χ3v) is 4.22. The van der Waals surface area contributed by atoms with Crippen molar-refractivity contribution in [1.82, 2.24) is 10.3 Å². The summed E-state index contributed by atoms with van der Waals surface area (Å²) in [5.74, 6) is 0.501. The first kappa shape index (κ1) is 13.6. The number of pyridine rings is 1. The molecule has 0 unspecified atom stereocenters. The fraction of sp³-hybridized carbons (Fsp3) is 0.125. The molecule has 0 saturated carbocycles. The number of amides is 1. The molecule has 0 aliphatic heterocycles. The van der Waals surface area contributed by atoms with Crippen molar-refractivity contribution in [2.24, 2.45) is 0 Å². The first-order valence-electron chi connectivity index (χ1n) is 6.52. The van der Waals surface area contributed by atoms with Crippen molar-refractivity contribution in [3.05, 3.63) is 59.1 Å². The van der Waals surface area contributed by atoms with Crippen LogP contribution >= 0.6 is 11.3 Å². The second-order valence-electron chi connectivity index (χ2n) is 4.54. The number of benzene rings is 1. The second kappa shape index (κ2) is 5.93. The summed E-state index contributed by atoms with van der Waals surface area (Å²) in [6, 6.07) is 13.6. The third-order valence-electron chi connectivity index (χ3n) is 3.11. The Hall–Kier alpha value is -2.40. The van der Waals surface area contributed by atoms with Gasteiger partial charge in [-0.05, 0) is 23.1 Å². The van der Waals surface area contributed by atoms with E-state index < -0.39 is 0 Å². The molecule has 2 heterocycles. The van der Waals surface area contributed by atoms with E-state index in [1.165, 1.54) is 11.3 Å². The molecule has 106 valence electrons. The molecule has 21 heavy (non-hydrogen) atoms. The van der Waals surface area contributed by atoms with E-state index in [-0.39, 0.29) is 5.91 Å². The van der Waals surface area contributed by atoms with Crippen LogP contribution in [0.5, 0.6) is 5.88 Å². The number of aromatic nitrogens is 1. The molecule has 0 spiro atoms. The van der Waals surface area contributed by atoms with E-state index in [0.29, 0.717) is 12.4 Å².